The Kier molecular flexibility index (Phi) is 4.25. The number of hydrogen-bond acceptors (Lipinski definition) is 4. The van der Waals surface area contributed by atoms with E-state index in [9.17, 15) is 0 Å². The van der Waals surface area contributed by atoms with Gasteiger partial charge in [0.25, 0.3) is 0 Å². The van der Waals surface area contributed by atoms with E-state index in [1.54, 1.807) is 7.11 Å². The van der Waals surface area contributed by atoms with Gasteiger partial charge < -0.3 is 15.4 Å². The molecule has 4 heteroatoms. The summed E-state index contributed by atoms with van der Waals surface area (Å²) in [6.45, 7) is 1.79. The Labute approximate surface area is 125 Å². The number of anilines is 1. The summed E-state index contributed by atoms with van der Waals surface area (Å²) in [5.74, 6) is 1.98. The van der Waals surface area contributed by atoms with Crippen LogP contribution in [0.3, 0.4) is 0 Å². The van der Waals surface area contributed by atoms with E-state index < -0.39 is 0 Å². The molecule has 2 aromatic rings. The van der Waals surface area contributed by atoms with E-state index in [4.69, 9.17) is 10.5 Å². The van der Waals surface area contributed by atoms with E-state index in [1.807, 2.05) is 24.4 Å². The lowest BCUT2D eigenvalue weighted by molar-refractivity contribution is 0.419. The number of ether oxygens (including phenoxy) is 1. The highest BCUT2D eigenvalue weighted by Gasteiger charge is 2.24. The predicted octanol–water partition coefficient (Wildman–Crippen LogP) is 2.95. The molecule has 1 aromatic carbocycles. The van der Waals surface area contributed by atoms with E-state index in [0.29, 0.717) is 6.04 Å². The number of methoxy groups -OCH3 is 1. The first-order chi connectivity index (χ1) is 10.3. The zero-order valence-electron chi connectivity index (χ0n) is 12.6. The van der Waals surface area contributed by atoms with Gasteiger partial charge in [0.1, 0.15) is 11.6 Å². The van der Waals surface area contributed by atoms with Crippen molar-refractivity contribution in [1.82, 2.24) is 4.98 Å². The van der Waals surface area contributed by atoms with Crippen molar-refractivity contribution < 1.29 is 4.74 Å². The molecule has 2 heterocycles. The summed E-state index contributed by atoms with van der Waals surface area (Å²) in [7, 11) is 1.72. The van der Waals surface area contributed by atoms with Gasteiger partial charge in [-0.05, 0) is 44.4 Å². The fourth-order valence-corrected chi connectivity index (χ4v) is 3.34. The van der Waals surface area contributed by atoms with E-state index >= 15 is 0 Å². The van der Waals surface area contributed by atoms with E-state index in [2.05, 4.69) is 16.0 Å². The molecule has 1 aliphatic heterocycles. The van der Waals surface area contributed by atoms with Gasteiger partial charge in [0.2, 0.25) is 0 Å². The Bertz CT molecular complexity index is 612. The van der Waals surface area contributed by atoms with Gasteiger partial charge in [0.15, 0.2) is 0 Å². The van der Waals surface area contributed by atoms with Gasteiger partial charge in [0, 0.05) is 29.6 Å². The Morgan fingerprint density at radius 3 is 3.00 bits per heavy atom. The quantitative estimate of drug-likeness (QED) is 0.938. The van der Waals surface area contributed by atoms with Crippen LogP contribution >= 0.6 is 0 Å². The van der Waals surface area contributed by atoms with Crippen LogP contribution in [0.15, 0.2) is 30.5 Å². The third-order valence-electron chi connectivity index (χ3n) is 4.36. The van der Waals surface area contributed by atoms with Crippen LogP contribution in [0.4, 0.5) is 5.82 Å². The van der Waals surface area contributed by atoms with Crippen molar-refractivity contribution in [2.24, 2.45) is 5.73 Å². The van der Waals surface area contributed by atoms with Gasteiger partial charge in [-0.15, -0.1) is 0 Å². The smallest absolute Gasteiger partial charge is 0.136 e. The van der Waals surface area contributed by atoms with Crippen molar-refractivity contribution in [3.05, 3.63) is 30.5 Å². The number of nitrogens with zero attached hydrogens (tertiary/aromatic N) is 2. The maximum absolute atomic E-state index is 5.79. The van der Waals surface area contributed by atoms with Gasteiger partial charge in [-0.1, -0.05) is 12.1 Å². The molecule has 0 aliphatic carbocycles. The number of rotatable bonds is 4. The van der Waals surface area contributed by atoms with Crippen molar-refractivity contribution in [2.45, 2.75) is 31.7 Å². The number of fused-ring (bicyclic) bond motifs is 1. The molecular weight excluding hydrogens is 262 g/mol. The molecule has 1 unspecified atom stereocenters. The van der Waals surface area contributed by atoms with Crippen LogP contribution < -0.4 is 15.4 Å². The van der Waals surface area contributed by atoms with Crippen molar-refractivity contribution in [1.29, 1.82) is 0 Å². The lowest BCUT2D eigenvalue weighted by Gasteiger charge is -2.37. The minimum atomic E-state index is 0.507. The molecule has 0 saturated carbocycles. The summed E-state index contributed by atoms with van der Waals surface area (Å²) >= 11 is 0. The minimum absolute atomic E-state index is 0.507. The average molecular weight is 285 g/mol. The van der Waals surface area contributed by atoms with Crippen LogP contribution in [0.2, 0.25) is 0 Å². The van der Waals surface area contributed by atoms with Crippen LogP contribution in [-0.2, 0) is 0 Å². The summed E-state index contributed by atoms with van der Waals surface area (Å²) in [6.07, 6.45) is 6.63. The molecule has 1 fully saturated rings. The Morgan fingerprint density at radius 1 is 1.29 bits per heavy atom. The largest absolute Gasteiger partial charge is 0.496 e. The molecule has 1 atom stereocenters. The zero-order chi connectivity index (χ0) is 14.7. The van der Waals surface area contributed by atoms with Gasteiger partial charge >= 0.3 is 0 Å². The van der Waals surface area contributed by atoms with Crippen LogP contribution in [0.1, 0.15) is 25.7 Å². The summed E-state index contributed by atoms with van der Waals surface area (Å²) in [4.78, 5) is 7.11. The first-order valence-electron chi connectivity index (χ1n) is 7.73. The number of benzene rings is 1. The second-order valence-corrected chi connectivity index (χ2v) is 5.61. The number of hydrogen-bond donors (Lipinski definition) is 1. The molecule has 4 nitrogen and oxygen atoms in total. The molecule has 0 spiro atoms. The molecule has 3 rings (SSSR count). The summed E-state index contributed by atoms with van der Waals surface area (Å²) in [6, 6.07) is 8.70. The normalized spacial score (nSPS) is 19.0. The van der Waals surface area contributed by atoms with Gasteiger partial charge in [-0.3, -0.25) is 0 Å². The highest BCUT2D eigenvalue weighted by Crippen LogP contribution is 2.34. The first-order valence-corrected chi connectivity index (χ1v) is 7.73. The molecule has 0 radical (unpaired) electrons. The Balaban J connectivity index is 2.06. The second kappa shape index (κ2) is 6.31. The average Bonchev–Trinajstić information content (AvgIpc) is 2.54. The fourth-order valence-electron chi connectivity index (χ4n) is 3.34. The van der Waals surface area contributed by atoms with Crippen LogP contribution in [0.5, 0.6) is 5.75 Å². The molecule has 0 bridgehead atoms. The van der Waals surface area contributed by atoms with Gasteiger partial charge in [0.05, 0.1) is 7.11 Å². The molecular formula is C17H23N3O. The number of pyridine rings is 1. The maximum atomic E-state index is 5.79. The predicted molar refractivity (Wildman–Crippen MR) is 87.0 cm³/mol. The second-order valence-electron chi connectivity index (χ2n) is 5.61. The minimum Gasteiger partial charge on any atom is -0.496 e. The van der Waals surface area contributed by atoms with Crippen LogP contribution in [0, 0.1) is 0 Å². The number of piperidine rings is 1. The van der Waals surface area contributed by atoms with Gasteiger partial charge in [-0.25, -0.2) is 4.98 Å². The molecule has 1 saturated heterocycles. The lowest BCUT2D eigenvalue weighted by atomic mass is 9.98. The number of nitrogens with two attached hydrogens (primary N) is 1. The summed E-state index contributed by atoms with van der Waals surface area (Å²) < 4.78 is 5.48. The van der Waals surface area contributed by atoms with Gasteiger partial charge in [-0.2, -0.15) is 0 Å². The maximum Gasteiger partial charge on any atom is 0.136 e. The Hall–Kier alpha value is -1.81. The highest BCUT2D eigenvalue weighted by molar-refractivity contribution is 5.96. The molecule has 2 N–H and O–H groups in total. The molecule has 0 amide bonds. The molecule has 1 aliphatic rings. The van der Waals surface area contributed by atoms with Crippen LogP contribution in [0.25, 0.3) is 10.8 Å². The Morgan fingerprint density at radius 2 is 2.19 bits per heavy atom. The van der Waals surface area contributed by atoms with E-state index in [-0.39, 0.29) is 0 Å². The lowest BCUT2D eigenvalue weighted by Crippen LogP contribution is -2.41. The van der Waals surface area contributed by atoms with Crippen molar-refractivity contribution in [3.8, 4) is 5.75 Å². The summed E-state index contributed by atoms with van der Waals surface area (Å²) in [5.41, 5.74) is 5.79. The summed E-state index contributed by atoms with van der Waals surface area (Å²) in [5, 5.41) is 2.29. The molecule has 21 heavy (non-hydrogen) atoms. The van der Waals surface area contributed by atoms with E-state index in [1.165, 1.54) is 24.6 Å². The SMILES string of the molecule is COc1cccc2c(N3CCCCC3CCN)nccc12. The van der Waals surface area contributed by atoms with Crippen molar-refractivity contribution in [3.63, 3.8) is 0 Å². The topological polar surface area (TPSA) is 51.4 Å². The number of aromatic nitrogens is 1. The first kappa shape index (κ1) is 14.1. The van der Waals surface area contributed by atoms with Crippen LogP contribution in [-0.4, -0.2) is 31.2 Å². The highest BCUT2D eigenvalue weighted by atomic mass is 16.5. The molecule has 112 valence electrons. The third kappa shape index (κ3) is 2.68. The fraction of sp³-hybridized carbons (Fsp3) is 0.471. The van der Waals surface area contributed by atoms with Crippen molar-refractivity contribution in [2.75, 3.05) is 25.1 Å². The van der Waals surface area contributed by atoms with E-state index in [0.717, 1.165) is 36.5 Å². The monoisotopic (exact) mass is 285 g/mol. The standard InChI is InChI=1S/C17H23N3O/c1-21-16-7-4-6-15-14(16)9-11-19-17(15)20-12-3-2-5-13(20)8-10-18/h4,6-7,9,11,13H,2-3,5,8,10,12,18H2,1H3. The third-order valence-corrected chi connectivity index (χ3v) is 4.36. The zero-order valence-corrected chi connectivity index (χ0v) is 12.6. The van der Waals surface area contributed by atoms with Crippen molar-refractivity contribution >= 4 is 16.6 Å². The molecule has 1 aromatic heterocycles.